The van der Waals surface area contributed by atoms with Crippen LogP contribution in [0.15, 0.2) is 0 Å². The van der Waals surface area contributed by atoms with Gasteiger partial charge >= 0.3 is 7.60 Å². The number of hydrogen-bond donors (Lipinski definition) is 6. The van der Waals surface area contributed by atoms with Crippen LogP contribution < -0.4 is 21.3 Å². The summed E-state index contributed by atoms with van der Waals surface area (Å²) in [5.74, 6) is -0.871. The Morgan fingerprint density at radius 1 is 0.538 bits per heavy atom. The van der Waals surface area contributed by atoms with E-state index in [2.05, 4.69) is 21.3 Å². The maximum atomic E-state index is 12.4. The van der Waals surface area contributed by atoms with Crippen LogP contribution in [-0.2, 0) is 23.7 Å². The molecule has 1 heterocycles. The zero-order chi connectivity index (χ0) is 29.3. The summed E-state index contributed by atoms with van der Waals surface area (Å²) < 4.78 is 11.2. The first-order valence-corrected chi connectivity index (χ1v) is 15.3. The molecule has 0 unspecified atom stereocenters. The van der Waals surface area contributed by atoms with Crippen molar-refractivity contribution in [1.82, 2.24) is 40.9 Å². The molecule has 1 saturated heterocycles. The lowest BCUT2D eigenvalue weighted by Gasteiger charge is -2.33. The maximum absolute atomic E-state index is 12.4. The van der Waals surface area contributed by atoms with E-state index < -0.39 is 19.8 Å². The molecule has 6 N–H and O–H groups in total. The molecule has 0 spiro atoms. The molecule has 39 heavy (non-hydrogen) atoms. The minimum atomic E-state index is -4.39. The Labute approximate surface area is 231 Å². The topological polar surface area (TPSA) is 187 Å². The largest absolute Gasteiger partial charge is 0.355 e. The van der Waals surface area contributed by atoms with Gasteiger partial charge in [-0.15, -0.1) is 0 Å². The SMILES string of the molecule is CCNC(=O)CN1CCN(CC(=O)NCC)CCN(CC(=O)NCP(=O)(O)O)CCN(CC(=O)NCC)CC1. The predicted octanol–water partition coefficient (Wildman–Crippen LogP) is -3.13. The van der Waals surface area contributed by atoms with Crippen molar-refractivity contribution in [2.75, 3.05) is 104 Å². The molecular weight excluding hydrogens is 531 g/mol. The number of nitrogens with one attached hydrogen (secondary N) is 4. The maximum Gasteiger partial charge on any atom is 0.344 e. The molecular formula is C23H47N8O7P. The molecule has 0 aromatic carbocycles. The van der Waals surface area contributed by atoms with Crippen LogP contribution in [0.4, 0.5) is 0 Å². The summed E-state index contributed by atoms with van der Waals surface area (Å²) in [6.45, 7) is 11.3. The molecule has 1 aliphatic heterocycles. The number of rotatable bonds is 13. The van der Waals surface area contributed by atoms with Gasteiger partial charge in [-0.25, -0.2) is 0 Å². The van der Waals surface area contributed by atoms with Crippen LogP contribution in [-0.4, -0.2) is 157 Å². The van der Waals surface area contributed by atoms with E-state index in [4.69, 9.17) is 9.79 Å². The Morgan fingerprint density at radius 2 is 0.769 bits per heavy atom. The van der Waals surface area contributed by atoms with Crippen molar-refractivity contribution in [2.24, 2.45) is 0 Å². The van der Waals surface area contributed by atoms with Crippen molar-refractivity contribution in [3.8, 4) is 0 Å². The first-order chi connectivity index (χ1) is 18.4. The molecule has 0 radical (unpaired) electrons. The van der Waals surface area contributed by atoms with Crippen LogP contribution in [0.1, 0.15) is 20.8 Å². The smallest absolute Gasteiger partial charge is 0.344 e. The standard InChI is InChI=1S/C23H47N8O7P/c1-4-24-20(32)15-28-7-9-29(16-21(33)25-5-2)11-13-31(18-23(35)27-19-39(36,37)38)14-12-30(10-8-28)17-22(34)26-6-3/h4-19H2,1-3H3,(H,24,32)(H,25,33)(H,26,34)(H,27,35)(H2,36,37,38). The van der Waals surface area contributed by atoms with Gasteiger partial charge in [0.2, 0.25) is 23.6 Å². The molecule has 0 bridgehead atoms. The monoisotopic (exact) mass is 578 g/mol. The minimum absolute atomic E-state index is 0.0900. The third-order valence-electron chi connectivity index (χ3n) is 6.00. The Hall–Kier alpha value is -2.13. The van der Waals surface area contributed by atoms with Crippen molar-refractivity contribution >= 4 is 31.2 Å². The average Bonchev–Trinajstić information content (AvgIpc) is 2.84. The number of hydrogen-bond acceptors (Lipinski definition) is 9. The summed E-state index contributed by atoms with van der Waals surface area (Å²) >= 11 is 0. The van der Waals surface area contributed by atoms with Gasteiger partial charge in [0, 0.05) is 72.0 Å². The fourth-order valence-electron chi connectivity index (χ4n) is 4.03. The minimum Gasteiger partial charge on any atom is -0.355 e. The molecule has 0 aromatic rings. The molecule has 1 aliphatic rings. The lowest BCUT2D eigenvalue weighted by Crippen LogP contribution is -2.51. The second-order valence-electron chi connectivity index (χ2n) is 9.39. The van der Waals surface area contributed by atoms with Crippen LogP contribution in [0.5, 0.6) is 0 Å². The molecule has 16 heteroatoms. The second-order valence-corrected chi connectivity index (χ2v) is 11.0. The fourth-order valence-corrected chi connectivity index (χ4v) is 4.41. The van der Waals surface area contributed by atoms with Crippen LogP contribution in [0.25, 0.3) is 0 Å². The number of carbonyl (C=O) groups excluding carboxylic acids is 4. The third-order valence-corrected chi connectivity index (χ3v) is 6.57. The van der Waals surface area contributed by atoms with Gasteiger partial charge < -0.3 is 31.1 Å². The number of amides is 4. The van der Waals surface area contributed by atoms with Crippen LogP contribution in [0, 0.1) is 0 Å². The van der Waals surface area contributed by atoms with E-state index in [0.717, 1.165) is 0 Å². The van der Waals surface area contributed by atoms with Gasteiger partial charge in [0.25, 0.3) is 0 Å². The van der Waals surface area contributed by atoms with Crippen LogP contribution >= 0.6 is 7.60 Å². The summed E-state index contributed by atoms with van der Waals surface area (Å²) in [5, 5.41) is 10.7. The molecule has 0 saturated carbocycles. The summed E-state index contributed by atoms with van der Waals surface area (Å²) in [6.07, 6.45) is -0.742. The second kappa shape index (κ2) is 19.0. The zero-order valence-electron chi connectivity index (χ0n) is 23.5. The van der Waals surface area contributed by atoms with E-state index in [1.165, 1.54) is 0 Å². The lowest BCUT2D eigenvalue weighted by molar-refractivity contribution is -0.124. The molecule has 0 atom stereocenters. The van der Waals surface area contributed by atoms with Crippen molar-refractivity contribution in [2.45, 2.75) is 20.8 Å². The van der Waals surface area contributed by atoms with Gasteiger partial charge in [-0.1, -0.05) is 0 Å². The predicted molar refractivity (Wildman–Crippen MR) is 147 cm³/mol. The highest BCUT2D eigenvalue weighted by molar-refractivity contribution is 7.51. The molecule has 15 nitrogen and oxygen atoms in total. The van der Waals surface area contributed by atoms with Crippen molar-refractivity contribution in [3.05, 3.63) is 0 Å². The molecule has 0 aliphatic carbocycles. The van der Waals surface area contributed by atoms with Gasteiger partial charge in [-0.05, 0) is 20.8 Å². The van der Waals surface area contributed by atoms with Gasteiger partial charge in [0.15, 0.2) is 0 Å². The normalized spacial score (nSPS) is 17.5. The number of nitrogens with zero attached hydrogens (tertiary/aromatic N) is 4. The quantitative estimate of drug-likeness (QED) is 0.121. The van der Waals surface area contributed by atoms with Gasteiger partial charge in [0.1, 0.15) is 6.29 Å². The van der Waals surface area contributed by atoms with E-state index in [1.807, 2.05) is 40.4 Å². The van der Waals surface area contributed by atoms with Crippen molar-refractivity contribution < 1.29 is 33.5 Å². The first-order valence-electron chi connectivity index (χ1n) is 13.5. The van der Waals surface area contributed by atoms with Gasteiger partial charge in [0.05, 0.1) is 26.2 Å². The molecule has 1 fully saturated rings. The Bertz CT molecular complexity index is 792. The van der Waals surface area contributed by atoms with E-state index in [1.54, 1.807) is 0 Å². The van der Waals surface area contributed by atoms with Crippen LogP contribution in [0.2, 0.25) is 0 Å². The average molecular weight is 579 g/mol. The highest BCUT2D eigenvalue weighted by Gasteiger charge is 2.22. The summed E-state index contributed by atoms with van der Waals surface area (Å²) in [7, 11) is -4.39. The number of carbonyl (C=O) groups is 4. The van der Waals surface area contributed by atoms with Gasteiger partial charge in [-0.2, -0.15) is 0 Å². The summed E-state index contributed by atoms with van der Waals surface area (Å²) in [5.41, 5.74) is 0. The first kappa shape index (κ1) is 34.9. The fraction of sp³-hybridized carbons (Fsp3) is 0.826. The van der Waals surface area contributed by atoms with E-state index in [0.29, 0.717) is 72.0 Å². The van der Waals surface area contributed by atoms with Crippen LogP contribution in [0.3, 0.4) is 0 Å². The Balaban J connectivity index is 3.06. The highest BCUT2D eigenvalue weighted by Crippen LogP contribution is 2.31. The van der Waals surface area contributed by atoms with Crippen molar-refractivity contribution in [1.29, 1.82) is 0 Å². The third kappa shape index (κ3) is 17.2. The summed E-state index contributed by atoms with van der Waals surface area (Å²) in [6, 6.07) is 0. The summed E-state index contributed by atoms with van der Waals surface area (Å²) in [4.78, 5) is 75.4. The van der Waals surface area contributed by atoms with E-state index >= 15 is 0 Å². The zero-order valence-corrected chi connectivity index (χ0v) is 24.4. The molecule has 0 aromatic heterocycles. The van der Waals surface area contributed by atoms with Gasteiger partial charge in [-0.3, -0.25) is 43.3 Å². The Morgan fingerprint density at radius 3 is 0.974 bits per heavy atom. The van der Waals surface area contributed by atoms with E-state index in [9.17, 15) is 23.7 Å². The van der Waals surface area contributed by atoms with Crippen molar-refractivity contribution in [3.63, 3.8) is 0 Å². The lowest BCUT2D eigenvalue weighted by atomic mass is 10.3. The molecule has 1 rings (SSSR count). The molecule has 226 valence electrons. The Kier molecular flexibility index (Phi) is 17.0. The number of likely N-dealkylation sites (N-methyl/N-ethyl adjacent to an activating group) is 3. The highest BCUT2D eigenvalue weighted by atomic mass is 31.2. The van der Waals surface area contributed by atoms with E-state index in [-0.39, 0.29) is 43.9 Å². The molecule has 4 amide bonds.